The molecule has 1 aliphatic rings. The zero-order valence-electron chi connectivity index (χ0n) is 11.1. The maximum atomic E-state index is 5.51. The quantitative estimate of drug-likeness (QED) is 0.858. The zero-order valence-corrected chi connectivity index (χ0v) is 11.9. The van der Waals surface area contributed by atoms with Gasteiger partial charge in [0.15, 0.2) is 11.5 Å². The Bertz CT molecular complexity index is 378. The molecule has 18 heavy (non-hydrogen) atoms. The van der Waals surface area contributed by atoms with E-state index in [1.54, 1.807) is 7.11 Å². The summed E-state index contributed by atoms with van der Waals surface area (Å²) in [6.45, 7) is 3.54. The summed E-state index contributed by atoms with van der Waals surface area (Å²) < 4.78 is 10.9. The fraction of sp³-hybridized carbons (Fsp3) is 0.571. The van der Waals surface area contributed by atoms with Crippen LogP contribution in [0.3, 0.4) is 0 Å². The first-order chi connectivity index (χ1) is 8.83. The Kier molecular flexibility index (Phi) is 5.20. The molecule has 1 N–H and O–H groups in total. The van der Waals surface area contributed by atoms with E-state index in [2.05, 4.69) is 17.4 Å². The SMILES string of the molecule is CCOc1ccc(CNC2CCSC2)cc1OC. The van der Waals surface area contributed by atoms with Crippen LogP contribution in [0, 0.1) is 0 Å². The van der Waals surface area contributed by atoms with Crippen molar-refractivity contribution in [2.24, 2.45) is 0 Å². The van der Waals surface area contributed by atoms with Gasteiger partial charge in [-0.25, -0.2) is 0 Å². The highest BCUT2D eigenvalue weighted by Crippen LogP contribution is 2.28. The summed E-state index contributed by atoms with van der Waals surface area (Å²) in [5.74, 6) is 4.15. The van der Waals surface area contributed by atoms with Crippen molar-refractivity contribution in [3.8, 4) is 11.5 Å². The second-order valence-electron chi connectivity index (χ2n) is 4.36. The normalized spacial score (nSPS) is 18.9. The number of benzene rings is 1. The van der Waals surface area contributed by atoms with Crippen LogP contribution in [-0.2, 0) is 6.54 Å². The van der Waals surface area contributed by atoms with E-state index < -0.39 is 0 Å². The smallest absolute Gasteiger partial charge is 0.161 e. The number of thioether (sulfide) groups is 1. The first-order valence-corrected chi connectivity index (χ1v) is 7.59. The lowest BCUT2D eigenvalue weighted by atomic mass is 10.2. The van der Waals surface area contributed by atoms with Crippen LogP contribution >= 0.6 is 11.8 Å². The van der Waals surface area contributed by atoms with Crippen molar-refractivity contribution in [1.29, 1.82) is 0 Å². The van der Waals surface area contributed by atoms with Crippen LogP contribution in [0.5, 0.6) is 11.5 Å². The van der Waals surface area contributed by atoms with Crippen molar-refractivity contribution < 1.29 is 9.47 Å². The number of methoxy groups -OCH3 is 1. The number of hydrogen-bond donors (Lipinski definition) is 1. The van der Waals surface area contributed by atoms with Crippen molar-refractivity contribution in [3.63, 3.8) is 0 Å². The van der Waals surface area contributed by atoms with E-state index in [9.17, 15) is 0 Å². The first kappa shape index (κ1) is 13.6. The number of nitrogens with one attached hydrogen (secondary N) is 1. The summed E-state index contributed by atoms with van der Waals surface area (Å²) >= 11 is 2.03. The molecule has 100 valence electrons. The van der Waals surface area contributed by atoms with E-state index in [1.807, 2.05) is 24.8 Å². The fourth-order valence-electron chi connectivity index (χ4n) is 2.05. The van der Waals surface area contributed by atoms with Gasteiger partial charge >= 0.3 is 0 Å². The predicted molar refractivity (Wildman–Crippen MR) is 76.7 cm³/mol. The summed E-state index contributed by atoms with van der Waals surface area (Å²) in [7, 11) is 1.68. The maximum Gasteiger partial charge on any atom is 0.161 e. The molecule has 3 nitrogen and oxygen atoms in total. The van der Waals surface area contributed by atoms with Gasteiger partial charge < -0.3 is 14.8 Å². The van der Waals surface area contributed by atoms with Gasteiger partial charge in [-0.2, -0.15) is 11.8 Å². The maximum absolute atomic E-state index is 5.51. The summed E-state index contributed by atoms with van der Waals surface area (Å²) in [5, 5.41) is 3.58. The minimum Gasteiger partial charge on any atom is -0.493 e. The molecule has 0 amide bonds. The highest BCUT2D eigenvalue weighted by Gasteiger charge is 2.14. The standard InChI is InChI=1S/C14H21NO2S/c1-3-17-13-5-4-11(8-14(13)16-2)9-15-12-6-7-18-10-12/h4-5,8,12,15H,3,6-7,9-10H2,1-2H3. The molecule has 2 rings (SSSR count). The van der Waals surface area contributed by atoms with Gasteiger partial charge in [-0.05, 0) is 36.8 Å². The Labute approximate surface area is 113 Å². The Morgan fingerprint density at radius 1 is 1.39 bits per heavy atom. The van der Waals surface area contributed by atoms with E-state index in [1.165, 1.54) is 23.5 Å². The lowest BCUT2D eigenvalue weighted by molar-refractivity contribution is 0.310. The van der Waals surface area contributed by atoms with Crippen LogP contribution in [0.15, 0.2) is 18.2 Å². The monoisotopic (exact) mass is 267 g/mol. The van der Waals surface area contributed by atoms with Crippen molar-refractivity contribution >= 4 is 11.8 Å². The molecule has 1 aliphatic heterocycles. The molecule has 0 radical (unpaired) electrons. The zero-order chi connectivity index (χ0) is 12.8. The summed E-state index contributed by atoms with van der Waals surface area (Å²) in [4.78, 5) is 0. The van der Waals surface area contributed by atoms with Gasteiger partial charge in [0, 0.05) is 18.3 Å². The molecule has 1 aromatic carbocycles. The molecule has 0 aromatic heterocycles. The molecular weight excluding hydrogens is 246 g/mol. The molecule has 1 heterocycles. The van der Waals surface area contributed by atoms with Gasteiger partial charge in [-0.1, -0.05) is 6.07 Å². The summed E-state index contributed by atoms with van der Waals surface area (Å²) in [6, 6.07) is 6.80. The first-order valence-electron chi connectivity index (χ1n) is 6.44. The third-order valence-corrected chi connectivity index (χ3v) is 4.21. The number of rotatable bonds is 6. The lowest BCUT2D eigenvalue weighted by Crippen LogP contribution is -2.27. The number of hydrogen-bond acceptors (Lipinski definition) is 4. The highest BCUT2D eigenvalue weighted by atomic mass is 32.2. The predicted octanol–water partition coefficient (Wildman–Crippen LogP) is 2.69. The van der Waals surface area contributed by atoms with Crippen LogP contribution < -0.4 is 14.8 Å². The van der Waals surface area contributed by atoms with Gasteiger partial charge in [-0.3, -0.25) is 0 Å². The average Bonchev–Trinajstić information content (AvgIpc) is 2.91. The molecule has 0 aliphatic carbocycles. The molecular formula is C14H21NO2S. The minimum atomic E-state index is 0.660. The van der Waals surface area contributed by atoms with Crippen molar-refractivity contribution in [2.45, 2.75) is 25.9 Å². The summed E-state index contributed by atoms with van der Waals surface area (Å²) in [5.41, 5.74) is 1.24. The van der Waals surface area contributed by atoms with E-state index in [-0.39, 0.29) is 0 Å². The second kappa shape index (κ2) is 6.90. The second-order valence-corrected chi connectivity index (χ2v) is 5.51. The van der Waals surface area contributed by atoms with Crippen LogP contribution in [0.2, 0.25) is 0 Å². The van der Waals surface area contributed by atoms with Crippen molar-refractivity contribution in [2.75, 3.05) is 25.2 Å². The third-order valence-electron chi connectivity index (χ3n) is 3.05. The van der Waals surface area contributed by atoms with Crippen LogP contribution in [-0.4, -0.2) is 31.3 Å². The molecule has 1 fully saturated rings. The lowest BCUT2D eigenvalue weighted by Gasteiger charge is -2.13. The Morgan fingerprint density at radius 2 is 2.28 bits per heavy atom. The van der Waals surface area contributed by atoms with E-state index >= 15 is 0 Å². The topological polar surface area (TPSA) is 30.5 Å². The Hall–Kier alpha value is -0.870. The third kappa shape index (κ3) is 3.56. The van der Waals surface area contributed by atoms with E-state index in [0.29, 0.717) is 12.6 Å². The van der Waals surface area contributed by atoms with Crippen LogP contribution in [0.1, 0.15) is 18.9 Å². The van der Waals surface area contributed by atoms with Gasteiger partial charge in [0.05, 0.1) is 13.7 Å². The number of ether oxygens (including phenoxy) is 2. The molecule has 0 saturated carbocycles. The van der Waals surface area contributed by atoms with E-state index in [4.69, 9.17) is 9.47 Å². The Balaban J connectivity index is 1.95. The molecule has 1 aromatic rings. The molecule has 1 saturated heterocycles. The molecule has 0 bridgehead atoms. The van der Waals surface area contributed by atoms with Crippen molar-refractivity contribution in [1.82, 2.24) is 5.32 Å². The average molecular weight is 267 g/mol. The molecule has 1 atom stereocenters. The van der Waals surface area contributed by atoms with Gasteiger partial charge in [-0.15, -0.1) is 0 Å². The largest absolute Gasteiger partial charge is 0.493 e. The van der Waals surface area contributed by atoms with Gasteiger partial charge in [0.2, 0.25) is 0 Å². The van der Waals surface area contributed by atoms with Crippen molar-refractivity contribution in [3.05, 3.63) is 23.8 Å². The van der Waals surface area contributed by atoms with Gasteiger partial charge in [0.1, 0.15) is 0 Å². The van der Waals surface area contributed by atoms with E-state index in [0.717, 1.165) is 18.0 Å². The minimum absolute atomic E-state index is 0.660. The fourth-order valence-corrected chi connectivity index (χ4v) is 3.24. The van der Waals surface area contributed by atoms with Crippen LogP contribution in [0.4, 0.5) is 0 Å². The molecule has 0 spiro atoms. The van der Waals surface area contributed by atoms with Crippen LogP contribution in [0.25, 0.3) is 0 Å². The van der Waals surface area contributed by atoms with Gasteiger partial charge in [0.25, 0.3) is 0 Å². The highest BCUT2D eigenvalue weighted by molar-refractivity contribution is 7.99. The molecule has 4 heteroatoms. The molecule has 1 unspecified atom stereocenters. The Morgan fingerprint density at radius 3 is 2.94 bits per heavy atom. The summed E-state index contributed by atoms with van der Waals surface area (Å²) in [6.07, 6.45) is 1.28.